The van der Waals surface area contributed by atoms with Crippen molar-refractivity contribution in [1.82, 2.24) is 5.06 Å². The van der Waals surface area contributed by atoms with Crippen LogP contribution in [0.5, 0.6) is 11.5 Å². The molecule has 0 saturated carbocycles. The van der Waals surface area contributed by atoms with Crippen molar-refractivity contribution in [2.45, 2.75) is 45.7 Å². The maximum atomic E-state index is 13.6. The Kier molecular flexibility index (Phi) is 8.15. The average Bonchev–Trinajstić information content (AvgIpc) is 2.86. The number of carbonyl (C=O) groups is 2. The third-order valence-electron chi connectivity index (χ3n) is 6.52. The smallest absolute Gasteiger partial charge is 0.418 e. The van der Waals surface area contributed by atoms with Crippen LogP contribution in [-0.4, -0.2) is 35.3 Å². The van der Waals surface area contributed by atoms with E-state index in [1.807, 2.05) is 31.2 Å². The molecule has 1 unspecified atom stereocenters. The first kappa shape index (κ1) is 28.0. The number of ether oxygens (including phenoxy) is 1. The Labute approximate surface area is 224 Å². The van der Waals surface area contributed by atoms with Gasteiger partial charge in [-0.05, 0) is 60.4 Å². The van der Waals surface area contributed by atoms with E-state index in [4.69, 9.17) is 14.7 Å². The number of anilines is 1. The highest BCUT2D eigenvalue weighted by atomic mass is 19.4. The summed E-state index contributed by atoms with van der Waals surface area (Å²) in [4.78, 5) is 30.2. The number of alkyl halides is 3. The van der Waals surface area contributed by atoms with Gasteiger partial charge in [0.2, 0.25) is 0 Å². The molecular formula is C29H29F3N2O5. The van der Waals surface area contributed by atoms with Crippen LogP contribution in [-0.2, 0) is 23.8 Å². The van der Waals surface area contributed by atoms with E-state index in [9.17, 15) is 22.8 Å². The van der Waals surface area contributed by atoms with Gasteiger partial charge in [-0.25, -0.2) is 0 Å². The van der Waals surface area contributed by atoms with E-state index in [0.717, 1.165) is 29.5 Å². The quantitative estimate of drug-likeness (QED) is 0.352. The van der Waals surface area contributed by atoms with Gasteiger partial charge in [0, 0.05) is 23.6 Å². The minimum atomic E-state index is -4.74. The van der Waals surface area contributed by atoms with Gasteiger partial charge in [0.05, 0.1) is 17.7 Å². The Morgan fingerprint density at radius 3 is 2.59 bits per heavy atom. The molecule has 0 fully saturated rings. The number of carboxylic acids is 1. The van der Waals surface area contributed by atoms with Crippen molar-refractivity contribution in [2.75, 3.05) is 18.6 Å². The molecule has 1 amide bonds. The van der Waals surface area contributed by atoms with Gasteiger partial charge in [0.1, 0.15) is 5.75 Å². The van der Waals surface area contributed by atoms with Gasteiger partial charge in [-0.15, -0.1) is 5.06 Å². The number of rotatable bonds is 8. The second-order valence-electron chi connectivity index (χ2n) is 9.50. The number of hydroxylamine groups is 2. The maximum absolute atomic E-state index is 13.6. The number of nitrogens with zero attached hydrogens (tertiary/aromatic N) is 1. The Morgan fingerprint density at radius 2 is 1.90 bits per heavy atom. The van der Waals surface area contributed by atoms with Crippen LogP contribution in [0.25, 0.3) is 0 Å². The maximum Gasteiger partial charge on any atom is 0.418 e. The van der Waals surface area contributed by atoms with Crippen LogP contribution in [0.2, 0.25) is 0 Å². The lowest BCUT2D eigenvalue weighted by atomic mass is 9.98. The number of nitrogens with one attached hydrogen (secondary N) is 1. The molecule has 3 aromatic rings. The fourth-order valence-corrected chi connectivity index (χ4v) is 4.70. The molecule has 1 aliphatic heterocycles. The number of benzene rings is 3. The molecule has 39 heavy (non-hydrogen) atoms. The van der Waals surface area contributed by atoms with Crippen molar-refractivity contribution < 1.29 is 37.4 Å². The van der Waals surface area contributed by atoms with Gasteiger partial charge < -0.3 is 20.0 Å². The normalized spacial score (nSPS) is 15.3. The lowest BCUT2D eigenvalue weighted by Gasteiger charge is -2.32. The van der Waals surface area contributed by atoms with Crippen LogP contribution < -0.4 is 14.9 Å². The highest BCUT2D eigenvalue weighted by Crippen LogP contribution is 2.36. The van der Waals surface area contributed by atoms with E-state index in [1.165, 1.54) is 0 Å². The average molecular weight is 543 g/mol. The lowest BCUT2D eigenvalue weighted by molar-refractivity contribution is -0.137. The van der Waals surface area contributed by atoms with Crippen LogP contribution in [0.15, 0.2) is 54.6 Å². The molecule has 7 nitrogen and oxygen atoms in total. The Bertz CT molecular complexity index is 1390. The van der Waals surface area contributed by atoms with Crippen LogP contribution in [0.3, 0.4) is 0 Å². The van der Waals surface area contributed by atoms with Crippen LogP contribution in [0.4, 0.5) is 18.9 Å². The van der Waals surface area contributed by atoms with Crippen molar-refractivity contribution in [1.29, 1.82) is 0 Å². The first-order chi connectivity index (χ1) is 18.5. The van der Waals surface area contributed by atoms with Gasteiger partial charge in [-0.2, -0.15) is 13.2 Å². The zero-order valence-corrected chi connectivity index (χ0v) is 21.8. The number of amides is 1. The van der Waals surface area contributed by atoms with Crippen molar-refractivity contribution in [3.63, 3.8) is 0 Å². The number of hydrogen-bond acceptors (Lipinski definition) is 5. The number of hydrogen-bond donors (Lipinski definition) is 2. The van der Waals surface area contributed by atoms with E-state index in [1.54, 1.807) is 24.1 Å². The number of carboxylic acid groups (broad SMARTS) is 1. The number of aryl methyl sites for hydroxylation is 2. The largest absolute Gasteiger partial charge is 0.481 e. The molecule has 0 bridgehead atoms. The monoisotopic (exact) mass is 542 g/mol. The highest BCUT2D eigenvalue weighted by molar-refractivity contribution is 6.07. The molecule has 0 radical (unpaired) electrons. The third kappa shape index (κ3) is 6.51. The summed E-state index contributed by atoms with van der Waals surface area (Å²) in [6.45, 7) is 6.37. The minimum Gasteiger partial charge on any atom is -0.481 e. The molecule has 0 aromatic heterocycles. The topological polar surface area (TPSA) is 88.1 Å². The molecule has 10 heteroatoms. The molecular weight excluding hydrogens is 513 g/mol. The minimum absolute atomic E-state index is 0.137. The molecule has 0 aliphatic carbocycles. The van der Waals surface area contributed by atoms with E-state index in [0.29, 0.717) is 29.8 Å². The third-order valence-corrected chi connectivity index (χ3v) is 6.52. The van der Waals surface area contributed by atoms with Crippen molar-refractivity contribution >= 4 is 17.6 Å². The zero-order chi connectivity index (χ0) is 28.3. The lowest BCUT2D eigenvalue weighted by Crippen LogP contribution is -2.38. The van der Waals surface area contributed by atoms with Gasteiger partial charge in [-0.1, -0.05) is 38.1 Å². The van der Waals surface area contributed by atoms with E-state index in [-0.39, 0.29) is 23.8 Å². The van der Waals surface area contributed by atoms with Crippen LogP contribution >= 0.6 is 0 Å². The molecule has 1 atom stereocenters. The number of aliphatic carboxylic acids is 1. The Balaban J connectivity index is 1.53. The van der Waals surface area contributed by atoms with Crippen LogP contribution in [0.1, 0.15) is 57.9 Å². The summed E-state index contributed by atoms with van der Waals surface area (Å²) in [7, 11) is 0. The van der Waals surface area contributed by atoms with Crippen molar-refractivity contribution in [2.24, 2.45) is 0 Å². The second kappa shape index (κ2) is 11.4. The van der Waals surface area contributed by atoms with Gasteiger partial charge in [0.15, 0.2) is 12.5 Å². The summed E-state index contributed by atoms with van der Waals surface area (Å²) in [6.07, 6.45) is -4.78. The molecule has 2 N–H and O–H groups in total. The SMILES string of the molecule is CCc1cc(OCN2CC(C)c3ccccc3O2)cc(C)c1C(=O)Nc1cc(CC(=O)O)ccc1C(F)(F)F. The molecule has 4 rings (SSSR count). The fourth-order valence-electron chi connectivity index (χ4n) is 4.70. The molecule has 0 saturated heterocycles. The van der Waals surface area contributed by atoms with Gasteiger partial charge in [0.25, 0.3) is 5.91 Å². The van der Waals surface area contributed by atoms with Crippen molar-refractivity contribution in [3.8, 4) is 11.5 Å². The van der Waals surface area contributed by atoms with Crippen LogP contribution in [0, 0.1) is 6.92 Å². The molecule has 3 aromatic carbocycles. The summed E-state index contributed by atoms with van der Waals surface area (Å²) in [5, 5.41) is 13.1. The predicted molar refractivity (Wildman–Crippen MR) is 139 cm³/mol. The predicted octanol–water partition coefficient (Wildman–Crippen LogP) is 6.21. The fraction of sp³-hybridized carbons (Fsp3) is 0.310. The summed E-state index contributed by atoms with van der Waals surface area (Å²) in [5.41, 5.74) is 1.06. The Hall–Kier alpha value is -4.05. The number of fused-ring (bicyclic) bond motifs is 1. The molecule has 206 valence electrons. The Morgan fingerprint density at radius 1 is 1.15 bits per heavy atom. The molecule has 1 aliphatic rings. The summed E-state index contributed by atoms with van der Waals surface area (Å²) in [6, 6.07) is 14.0. The zero-order valence-electron chi connectivity index (χ0n) is 21.8. The first-order valence-corrected chi connectivity index (χ1v) is 12.5. The van der Waals surface area contributed by atoms with Crippen molar-refractivity contribution in [3.05, 3.63) is 88.0 Å². The summed E-state index contributed by atoms with van der Waals surface area (Å²) < 4.78 is 46.8. The second-order valence-corrected chi connectivity index (χ2v) is 9.50. The van der Waals surface area contributed by atoms with E-state index >= 15 is 0 Å². The van der Waals surface area contributed by atoms with E-state index < -0.39 is 35.7 Å². The standard InChI is InChI=1S/C29H29F3N2O5/c1-4-20-14-21(38-16-34-15-18(3)22-7-5-6-8-25(22)39-34)11-17(2)27(20)28(37)33-24-12-19(13-26(35)36)9-10-23(24)29(30,31)32/h5-12,14,18H,4,13,15-16H2,1-3H3,(H,33,37)(H,35,36). The molecule has 0 spiro atoms. The highest BCUT2D eigenvalue weighted by Gasteiger charge is 2.34. The number of carbonyl (C=O) groups excluding carboxylic acids is 1. The summed E-state index contributed by atoms with van der Waals surface area (Å²) >= 11 is 0. The summed E-state index contributed by atoms with van der Waals surface area (Å²) in [5.74, 6) is -0.412. The first-order valence-electron chi connectivity index (χ1n) is 12.5. The van der Waals surface area contributed by atoms with Gasteiger partial charge in [-0.3, -0.25) is 9.59 Å². The molecule has 1 heterocycles. The van der Waals surface area contributed by atoms with Gasteiger partial charge >= 0.3 is 12.1 Å². The number of halogens is 3. The number of para-hydroxylation sites is 1. The van der Waals surface area contributed by atoms with E-state index in [2.05, 4.69) is 12.2 Å².